The molecule has 2 aromatic heterocycles. The fourth-order valence-corrected chi connectivity index (χ4v) is 1.97. The van der Waals surface area contributed by atoms with Crippen LogP contribution in [0.15, 0.2) is 24.5 Å². The van der Waals surface area contributed by atoms with Crippen LogP contribution in [0.5, 0.6) is 0 Å². The Morgan fingerprint density at radius 3 is 2.95 bits per heavy atom. The first-order valence-electron chi connectivity index (χ1n) is 6.18. The number of imidazole rings is 1. The van der Waals surface area contributed by atoms with Crippen LogP contribution in [0.3, 0.4) is 0 Å². The van der Waals surface area contributed by atoms with Crippen molar-refractivity contribution in [2.24, 2.45) is 0 Å². The Labute approximate surface area is 110 Å². The number of hydrogen-bond donors (Lipinski definition) is 2. The van der Waals surface area contributed by atoms with Crippen molar-refractivity contribution in [1.82, 2.24) is 14.3 Å². The van der Waals surface area contributed by atoms with Gasteiger partial charge in [-0.1, -0.05) is 6.92 Å². The molecule has 0 radical (unpaired) electrons. The van der Waals surface area contributed by atoms with Gasteiger partial charge in [-0.15, -0.1) is 0 Å². The van der Waals surface area contributed by atoms with Gasteiger partial charge in [-0.25, -0.2) is 9.78 Å². The molecule has 102 valence electrons. The number of aliphatic hydroxyl groups excluding tert-OH is 1. The highest BCUT2D eigenvalue weighted by Crippen LogP contribution is 2.10. The van der Waals surface area contributed by atoms with E-state index in [9.17, 15) is 4.79 Å². The lowest BCUT2D eigenvalue weighted by atomic mass is 10.2. The van der Waals surface area contributed by atoms with Gasteiger partial charge in [0.15, 0.2) is 5.69 Å². The molecule has 0 atom stereocenters. The number of carboxylic acid groups (broad SMARTS) is 1. The van der Waals surface area contributed by atoms with Crippen molar-refractivity contribution < 1.29 is 15.0 Å². The van der Waals surface area contributed by atoms with Gasteiger partial charge >= 0.3 is 5.97 Å². The standard InChI is InChI=1S/C13H17N3O3/c1-2-15(5-6-17)8-10-3-4-16-9-11(13(18)19)14-12(16)7-10/h3-4,7,9,17H,2,5-6,8H2,1H3,(H,18,19). The predicted molar refractivity (Wildman–Crippen MR) is 70.2 cm³/mol. The Morgan fingerprint density at radius 1 is 1.53 bits per heavy atom. The molecule has 0 aliphatic carbocycles. The molecule has 0 saturated carbocycles. The summed E-state index contributed by atoms with van der Waals surface area (Å²) >= 11 is 0. The van der Waals surface area contributed by atoms with Crippen molar-refractivity contribution in [3.05, 3.63) is 35.8 Å². The van der Waals surface area contributed by atoms with Crippen LogP contribution < -0.4 is 0 Å². The molecule has 2 rings (SSSR count). The number of pyridine rings is 1. The van der Waals surface area contributed by atoms with Gasteiger partial charge in [0.25, 0.3) is 0 Å². The minimum Gasteiger partial charge on any atom is -0.476 e. The van der Waals surface area contributed by atoms with Crippen molar-refractivity contribution in [2.45, 2.75) is 13.5 Å². The predicted octanol–water partition coefficient (Wildman–Crippen LogP) is 0.847. The summed E-state index contributed by atoms with van der Waals surface area (Å²) in [6.45, 7) is 4.34. The highest BCUT2D eigenvalue weighted by atomic mass is 16.4. The van der Waals surface area contributed by atoms with Crippen LogP contribution in [-0.4, -0.2) is 50.2 Å². The van der Waals surface area contributed by atoms with Gasteiger partial charge in [0.05, 0.1) is 6.61 Å². The molecule has 2 N–H and O–H groups in total. The van der Waals surface area contributed by atoms with Crippen molar-refractivity contribution in [2.75, 3.05) is 19.7 Å². The molecule has 6 heteroatoms. The van der Waals surface area contributed by atoms with Crippen LogP contribution in [0.25, 0.3) is 5.65 Å². The molecule has 6 nitrogen and oxygen atoms in total. The normalized spacial score (nSPS) is 11.3. The number of aromatic nitrogens is 2. The van der Waals surface area contributed by atoms with E-state index >= 15 is 0 Å². The Bertz CT molecular complexity index is 580. The number of carbonyl (C=O) groups is 1. The van der Waals surface area contributed by atoms with Gasteiger partial charge in [-0.3, -0.25) is 4.90 Å². The van der Waals surface area contributed by atoms with E-state index in [-0.39, 0.29) is 12.3 Å². The molecule has 0 spiro atoms. The average Bonchev–Trinajstić information content (AvgIpc) is 2.81. The SMILES string of the molecule is CCN(CCO)Cc1ccn2cc(C(=O)O)nc2c1. The minimum atomic E-state index is -1.03. The zero-order valence-electron chi connectivity index (χ0n) is 10.8. The van der Waals surface area contributed by atoms with Crippen molar-refractivity contribution in [3.8, 4) is 0 Å². The lowest BCUT2D eigenvalue weighted by Crippen LogP contribution is -2.26. The number of aliphatic hydroxyl groups is 1. The second kappa shape index (κ2) is 5.81. The van der Waals surface area contributed by atoms with Crippen LogP contribution in [0.2, 0.25) is 0 Å². The third-order valence-corrected chi connectivity index (χ3v) is 3.01. The first kappa shape index (κ1) is 13.5. The van der Waals surface area contributed by atoms with Gasteiger partial charge in [0.1, 0.15) is 5.65 Å². The van der Waals surface area contributed by atoms with E-state index in [2.05, 4.69) is 9.88 Å². The molecular weight excluding hydrogens is 246 g/mol. The molecular formula is C13H17N3O3. The molecule has 2 heterocycles. The van der Waals surface area contributed by atoms with Crippen LogP contribution in [0.4, 0.5) is 0 Å². The maximum absolute atomic E-state index is 10.9. The quantitative estimate of drug-likeness (QED) is 0.807. The molecule has 0 unspecified atom stereocenters. The third-order valence-electron chi connectivity index (χ3n) is 3.01. The smallest absolute Gasteiger partial charge is 0.356 e. The lowest BCUT2D eigenvalue weighted by Gasteiger charge is -2.18. The second-order valence-electron chi connectivity index (χ2n) is 4.32. The molecule has 0 saturated heterocycles. The van der Waals surface area contributed by atoms with Crippen molar-refractivity contribution in [3.63, 3.8) is 0 Å². The first-order chi connectivity index (χ1) is 9.13. The van der Waals surface area contributed by atoms with E-state index in [1.807, 2.05) is 19.1 Å². The Kier molecular flexibility index (Phi) is 4.13. The van der Waals surface area contributed by atoms with Gasteiger partial charge < -0.3 is 14.6 Å². The number of hydrogen-bond acceptors (Lipinski definition) is 4. The van der Waals surface area contributed by atoms with E-state index in [0.29, 0.717) is 18.7 Å². The number of carboxylic acids is 1. The molecule has 19 heavy (non-hydrogen) atoms. The summed E-state index contributed by atoms with van der Waals surface area (Å²) in [5, 5.41) is 17.9. The summed E-state index contributed by atoms with van der Waals surface area (Å²) < 4.78 is 1.69. The van der Waals surface area contributed by atoms with Crippen molar-refractivity contribution in [1.29, 1.82) is 0 Å². The van der Waals surface area contributed by atoms with Gasteiger partial charge in [0, 0.05) is 25.5 Å². The fourth-order valence-electron chi connectivity index (χ4n) is 1.97. The number of fused-ring (bicyclic) bond motifs is 1. The Balaban J connectivity index is 2.23. The molecule has 0 amide bonds. The molecule has 0 bridgehead atoms. The number of likely N-dealkylation sites (N-methyl/N-ethyl adjacent to an activating group) is 1. The summed E-state index contributed by atoms with van der Waals surface area (Å²) in [6.07, 6.45) is 3.30. The Hall–Kier alpha value is -1.92. The molecule has 0 aliphatic rings. The van der Waals surface area contributed by atoms with E-state index in [1.54, 1.807) is 10.6 Å². The Morgan fingerprint density at radius 2 is 2.32 bits per heavy atom. The van der Waals surface area contributed by atoms with Crippen LogP contribution in [0, 0.1) is 0 Å². The topological polar surface area (TPSA) is 78.1 Å². The number of nitrogens with zero attached hydrogens (tertiary/aromatic N) is 3. The van der Waals surface area contributed by atoms with Crippen LogP contribution >= 0.6 is 0 Å². The molecule has 0 aromatic carbocycles. The molecule has 2 aromatic rings. The van der Waals surface area contributed by atoms with Crippen LogP contribution in [-0.2, 0) is 6.54 Å². The van der Waals surface area contributed by atoms with Gasteiger partial charge in [0.2, 0.25) is 0 Å². The molecule has 0 fully saturated rings. The highest BCUT2D eigenvalue weighted by Gasteiger charge is 2.09. The largest absolute Gasteiger partial charge is 0.476 e. The van der Waals surface area contributed by atoms with E-state index in [4.69, 9.17) is 10.2 Å². The first-order valence-corrected chi connectivity index (χ1v) is 6.18. The zero-order valence-corrected chi connectivity index (χ0v) is 10.8. The number of aromatic carboxylic acids is 1. The fraction of sp³-hybridized carbons (Fsp3) is 0.385. The van der Waals surface area contributed by atoms with E-state index in [1.165, 1.54) is 6.20 Å². The summed E-state index contributed by atoms with van der Waals surface area (Å²) in [5.41, 5.74) is 1.71. The van der Waals surface area contributed by atoms with E-state index in [0.717, 1.165) is 12.1 Å². The van der Waals surface area contributed by atoms with Crippen molar-refractivity contribution >= 4 is 11.6 Å². The average molecular weight is 263 g/mol. The lowest BCUT2D eigenvalue weighted by molar-refractivity contribution is 0.0691. The summed E-state index contributed by atoms with van der Waals surface area (Å²) in [6, 6.07) is 3.80. The maximum Gasteiger partial charge on any atom is 0.356 e. The van der Waals surface area contributed by atoms with Crippen LogP contribution in [0.1, 0.15) is 23.0 Å². The highest BCUT2D eigenvalue weighted by molar-refractivity contribution is 5.86. The van der Waals surface area contributed by atoms with E-state index < -0.39 is 5.97 Å². The van der Waals surface area contributed by atoms with Gasteiger partial charge in [-0.05, 0) is 24.2 Å². The minimum absolute atomic E-state index is 0.0415. The maximum atomic E-state index is 10.9. The third kappa shape index (κ3) is 3.10. The summed E-state index contributed by atoms with van der Waals surface area (Å²) in [7, 11) is 0. The van der Waals surface area contributed by atoms with Gasteiger partial charge in [-0.2, -0.15) is 0 Å². The second-order valence-corrected chi connectivity index (χ2v) is 4.32. The monoisotopic (exact) mass is 263 g/mol. The zero-order chi connectivity index (χ0) is 13.8. The summed E-state index contributed by atoms with van der Waals surface area (Å²) in [4.78, 5) is 17.0. The number of rotatable bonds is 6. The summed E-state index contributed by atoms with van der Waals surface area (Å²) in [5.74, 6) is -1.03. The molecule has 0 aliphatic heterocycles.